The van der Waals surface area contributed by atoms with Crippen LogP contribution >= 0.6 is 0 Å². The van der Waals surface area contributed by atoms with E-state index in [1.807, 2.05) is 43.3 Å². The molecule has 0 saturated heterocycles. The summed E-state index contributed by atoms with van der Waals surface area (Å²) in [5.74, 6) is -0.933. The van der Waals surface area contributed by atoms with Crippen LogP contribution in [-0.4, -0.2) is 30.1 Å². The van der Waals surface area contributed by atoms with Crippen molar-refractivity contribution in [1.29, 1.82) is 0 Å². The molecule has 0 radical (unpaired) electrons. The van der Waals surface area contributed by atoms with E-state index in [-0.39, 0.29) is 28.6 Å². The van der Waals surface area contributed by atoms with Gasteiger partial charge in [0.1, 0.15) is 0 Å². The summed E-state index contributed by atoms with van der Waals surface area (Å²) in [5.41, 5.74) is 2.10. The predicted octanol–water partition coefficient (Wildman–Crippen LogP) is 2.78. The number of ketones is 1. The Morgan fingerprint density at radius 2 is 1.73 bits per heavy atom. The highest BCUT2D eigenvalue weighted by Crippen LogP contribution is 2.44. The van der Waals surface area contributed by atoms with Gasteiger partial charge in [-0.25, -0.2) is 0 Å². The molecule has 0 atom stereocenters. The Kier molecular flexibility index (Phi) is 3.25. The molecule has 0 saturated carbocycles. The number of hydrogen-bond donors (Lipinski definition) is 2. The normalized spacial score (nSPS) is 14.8. The van der Waals surface area contributed by atoms with Gasteiger partial charge in [-0.3, -0.25) is 4.79 Å². The highest BCUT2D eigenvalue weighted by Gasteiger charge is 2.31. The Hall–Kier alpha value is -2.95. The molecular weight excluding hydrogens is 282 g/mol. The van der Waals surface area contributed by atoms with Crippen LogP contribution in [0, 0.1) is 0 Å². The number of phenolic OH excluding ortho intramolecular Hbond substituents is 2. The minimum absolute atomic E-state index is 0.00108. The first-order chi connectivity index (χ1) is 10.5. The molecule has 0 spiro atoms. The fourth-order valence-corrected chi connectivity index (χ4v) is 2.25. The minimum Gasteiger partial charge on any atom is -0.504 e. The minimum atomic E-state index is -0.419. The van der Waals surface area contributed by atoms with Crippen molar-refractivity contribution in [3.8, 4) is 17.2 Å². The third-order valence-electron chi connectivity index (χ3n) is 3.50. The number of benzene rings is 2. The van der Waals surface area contributed by atoms with Gasteiger partial charge in [-0.15, -0.1) is 0 Å². The summed E-state index contributed by atoms with van der Waals surface area (Å²) >= 11 is 0. The third kappa shape index (κ3) is 2.26. The molecule has 1 heterocycles. The van der Waals surface area contributed by atoms with Gasteiger partial charge < -0.3 is 19.8 Å². The topological polar surface area (TPSA) is 70.0 Å². The largest absolute Gasteiger partial charge is 0.504 e. The van der Waals surface area contributed by atoms with Gasteiger partial charge in [0.25, 0.3) is 0 Å². The summed E-state index contributed by atoms with van der Waals surface area (Å²) in [6, 6.07) is 10.3. The van der Waals surface area contributed by atoms with E-state index < -0.39 is 5.75 Å². The number of allylic oxidation sites excluding steroid dienone is 1. The number of anilines is 1. The van der Waals surface area contributed by atoms with Crippen molar-refractivity contribution in [3.05, 3.63) is 53.3 Å². The number of hydrogen-bond acceptors (Lipinski definition) is 5. The van der Waals surface area contributed by atoms with Gasteiger partial charge in [-0.1, -0.05) is 12.1 Å². The number of fused-ring (bicyclic) bond motifs is 1. The van der Waals surface area contributed by atoms with Crippen LogP contribution in [0.25, 0.3) is 6.08 Å². The van der Waals surface area contributed by atoms with E-state index in [4.69, 9.17) is 4.74 Å². The molecule has 0 aromatic heterocycles. The van der Waals surface area contributed by atoms with Crippen LogP contribution in [0.1, 0.15) is 15.9 Å². The summed E-state index contributed by atoms with van der Waals surface area (Å²) in [5, 5.41) is 19.2. The van der Waals surface area contributed by atoms with Crippen molar-refractivity contribution < 1.29 is 19.7 Å². The second-order valence-electron chi connectivity index (χ2n) is 5.24. The lowest BCUT2D eigenvalue weighted by atomic mass is 10.1. The molecule has 1 aliphatic rings. The number of aromatic hydroxyl groups is 2. The molecule has 0 fully saturated rings. The Morgan fingerprint density at radius 3 is 2.36 bits per heavy atom. The van der Waals surface area contributed by atoms with Crippen LogP contribution in [0.15, 0.2) is 42.2 Å². The monoisotopic (exact) mass is 297 g/mol. The zero-order chi connectivity index (χ0) is 15.9. The van der Waals surface area contributed by atoms with E-state index in [1.165, 1.54) is 12.1 Å². The average molecular weight is 297 g/mol. The molecule has 112 valence electrons. The molecule has 0 amide bonds. The van der Waals surface area contributed by atoms with Crippen LogP contribution in [0.2, 0.25) is 0 Å². The molecule has 2 aromatic carbocycles. The molecule has 5 nitrogen and oxygen atoms in total. The zero-order valence-corrected chi connectivity index (χ0v) is 12.2. The summed E-state index contributed by atoms with van der Waals surface area (Å²) in [4.78, 5) is 14.2. The van der Waals surface area contributed by atoms with Crippen LogP contribution in [0.3, 0.4) is 0 Å². The Balaban J connectivity index is 1.94. The Morgan fingerprint density at radius 1 is 1.05 bits per heavy atom. The van der Waals surface area contributed by atoms with Crippen molar-refractivity contribution in [1.82, 2.24) is 0 Å². The Bertz CT molecular complexity index is 776. The lowest BCUT2D eigenvalue weighted by Crippen LogP contribution is -2.08. The third-order valence-corrected chi connectivity index (χ3v) is 3.50. The fraction of sp³-hybridized carbons (Fsp3) is 0.118. The number of rotatable bonds is 2. The summed E-state index contributed by atoms with van der Waals surface area (Å²) in [7, 11) is 3.89. The summed E-state index contributed by atoms with van der Waals surface area (Å²) in [6.07, 6.45) is 1.61. The maximum absolute atomic E-state index is 12.2. The summed E-state index contributed by atoms with van der Waals surface area (Å²) < 4.78 is 5.40. The summed E-state index contributed by atoms with van der Waals surface area (Å²) in [6.45, 7) is 0. The number of ether oxygens (including phenoxy) is 1. The Labute approximate surface area is 127 Å². The molecule has 22 heavy (non-hydrogen) atoms. The van der Waals surface area contributed by atoms with E-state index in [9.17, 15) is 15.0 Å². The molecule has 5 heteroatoms. The van der Waals surface area contributed by atoms with Crippen LogP contribution in [0.5, 0.6) is 17.2 Å². The van der Waals surface area contributed by atoms with E-state index >= 15 is 0 Å². The van der Waals surface area contributed by atoms with Gasteiger partial charge in [0, 0.05) is 19.8 Å². The maximum atomic E-state index is 12.2. The highest BCUT2D eigenvalue weighted by atomic mass is 16.5. The van der Waals surface area contributed by atoms with Crippen LogP contribution in [-0.2, 0) is 0 Å². The predicted molar refractivity (Wildman–Crippen MR) is 83.5 cm³/mol. The standard InChI is InChI=1S/C17H15NO4/c1-18(2)11-5-3-10(4-6-11)9-14-15(20)12-7-8-13(19)16(21)17(12)22-14/h3-9,19,21H,1-2H3/b14-9-. The van der Waals surface area contributed by atoms with Crippen molar-refractivity contribution >= 4 is 17.5 Å². The first-order valence-corrected chi connectivity index (χ1v) is 6.74. The smallest absolute Gasteiger partial charge is 0.232 e. The molecule has 3 rings (SSSR count). The second kappa shape index (κ2) is 5.11. The molecule has 2 N–H and O–H groups in total. The van der Waals surface area contributed by atoms with Gasteiger partial charge in [-0.2, -0.15) is 0 Å². The zero-order valence-electron chi connectivity index (χ0n) is 12.2. The van der Waals surface area contributed by atoms with Crippen molar-refractivity contribution in [3.63, 3.8) is 0 Å². The first-order valence-electron chi connectivity index (χ1n) is 6.74. The van der Waals surface area contributed by atoms with Gasteiger partial charge in [-0.05, 0) is 35.9 Å². The molecule has 2 aromatic rings. The fourth-order valence-electron chi connectivity index (χ4n) is 2.25. The molecule has 1 aliphatic heterocycles. The number of carbonyl (C=O) groups is 1. The van der Waals surface area contributed by atoms with Crippen LogP contribution in [0.4, 0.5) is 5.69 Å². The van der Waals surface area contributed by atoms with E-state index in [0.29, 0.717) is 0 Å². The molecular formula is C17H15NO4. The number of carbonyl (C=O) groups excluding carboxylic acids is 1. The van der Waals surface area contributed by atoms with Crippen molar-refractivity contribution in [2.75, 3.05) is 19.0 Å². The number of phenols is 2. The lowest BCUT2D eigenvalue weighted by Gasteiger charge is -2.11. The second-order valence-corrected chi connectivity index (χ2v) is 5.24. The van der Waals surface area contributed by atoms with Gasteiger partial charge >= 0.3 is 0 Å². The highest BCUT2D eigenvalue weighted by molar-refractivity contribution is 6.15. The van der Waals surface area contributed by atoms with Gasteiger partial charge in [0.2, 0.25) is 11.5 Å². The molecule has 0 bridgehead atoms. The lowest BCUT2D eigenvalue weighted by molar-refractivity contribution is 0.101. The van der Waals surface area contributed by atoms with E-state index in [1.54, 1.807) is 6.08 Å². The van der Waals surface area contributed by atoms with Crippen molar-refractivity contribution in [2.45, 2.75) is 0 Å². The quantitative estimate of drug-likeness (QED) is 0.659. The van der Waals surface area contributed by atoms with Gasteiger partial charge in [0.15, 0.2) is 17.3 Å². The molecule has 0 aliphatic carbocycles. The SMILES string of the molecule is CN(C)c1ccc(/C=C2\Oc3c(ccc(O)c3O)C2=O)cc1. The van der Waals surface area contributed by atoms with Crippen LogP contribution < -0.4 is 9.64 Å². The van der Waals surface area contributed by atoms with Crippen molar-refractivity contribution in [2.24, 2.45) is 0 Å². The number of nitrogens with zero attached hydrogens (tertiary/aromatic N) is 1. The average Bonchev–Trinajstić information content (AvgIpc) is 2.81. The van der Waals surface area contributed by atoms with E-state index in [2.05, 4.69) is 0 Å². The van der Waals surface area contributed by atoms with Gasteiger partial charge in [0.05, 0.1) is 5.56 Å². The van der Waals surface area contributed by atoms with E-state index in [0.717, 1.165) is 11.3 Å². The molecule has 0 unspecified atom stereocenters. The maximum Gasteiger partial charge on any atom is 0.232 e. The first kappa shape index (κ1) is 14.0. The number of Topliss-reactive ketones (excluding diaryl/α,β-unsaturated/α-hetero) is 1.